The largest absolute Gasteiger partial charge is 0.385 e. The fourth-order valence-corrected chi connectivity index (χ4v) is 13.8. The Morgan fingerprint density at radius 1 is 0.525 bits per heavy atom. The summed E-state index contributed by atoms with van der Waals surface area (Å²) in [6.45, 7) is 10.3. The van der Waals surface area contributed by atoms with Crippen molar-refractivity contribution in [1.29, 1.82) is 0 Å². The van der Waals surface area contributed by atoms with Crippen LogP contribution in [0.15, 0.2) is 122 Å². The molecule has 412 valence electrons. The highest BCUT2D eigenvalue weighted by Gasteiger charge is 2.45. The predicted octanol–water partition coefficient (Wildman–Crippen LogP) is 13.3. The van der Waals surface area contributed by atoms with Gasteiger partial charge in [-0.2, -0.15) is 0 Å². The van der Waals surface area contributed by atoms with Crippen molar-refractivity contribution in [3.63, 3.8) is 0 Å². The fourth-order valence-electron chi connectivity index (χ4n) is 13.8. The van der Waals surface area contributed by atoms with E-state index in [4.69, 9.17) is 19.4 Å². The number of hydrogen-bond donors (Lipinski definition) is 2. The van der Waals surface area contributed by atoms with E-state index in [9.17, 15) is 10.2 Å². The summed E-state index contributed by atoms with van der Waals surface area (Å²) in [5.41, 5.74) is 10.6. The van der Waals surface area contributed by atoms with Gasteiger partial charge in [0.25, 0.3) is 0 Å². The Balaban J connectivity index is 0.000000151. The summed E-state index contributed by atoms with van der Waals surface area (Å²) in [5.74, 6) is -0.0316. The molecule has 2 saturated heterocycles. The van der Waals surface area contributed by atoms with Crippen molar-refractivity contribution in [2.24, 2.45) is 37.8 Å². The standard InChI is InChI=1S/2C33H35FN4O2/c2*1-20-30(37(3)19-36-20)23-17-27-29(35-18-23)25-11-12-26(33(2,39)24-9-10-24)28(34)32(25)38(27)31(21-7-5-4-6-8-21)22-13-15-40-16-14-22/h2*4-8,11-12,17-19,22,24,31,39H,9-10,13-16H2,1-3H3/t31-,33+;31-,33-/m11/s1. The maximum absolute atomic E-state index is 16.9. The Morgan fingerprint density at radius 2 is 0.900 bits per heavy atom. The highest BCUT2D eigenvalue weighted by atomic mass is 19.1. The van der Waals surface area contributed by atoms with E-state index < -0.39 is 11.2 Å². The van der Waals surface area contributed by atoms with Gasteiger partial charge in [0.15, 0.2) is 11.6 Å². The fraction of sp³-hybridized carbons (Fsp3) is 0.394. The first kappa shape index (κ1) is 52.3. The average Bonchev–Trinajstić information content (AvgIpc) is 4.42. The summed E-state index contributed by atoms with van der Waals surface area (Å²) < 4.78 is 53.8. The van der Waals surface area contributed by atoms with Gasteiger partial charge in [-0.25, -0.2) is 18.7 Å². The van der Waals surface area contributed by atoms with Gasteiger partial charge in [0.2, 0.25) is 0 Å². The van der Waals surface area contributed by atoms with E-state index >= 15 is 8.78 Å². The molecule has 2 aliphatic heterocycles. The third-order valence-electron chi connectivity index (χ3n) is 18.4. The van der Waals surface area contributed by atoms with E-state index in [-0.39, 0.29) is 47.4 Å². The van der Waals surface area contributed by atoms with Crippen LogP contribution in [0.3, 0.4) is 0 Å². The molecule has 0 bridgehead atoms. The molecular weight excluding hydrogens is 1010 g/mol. The number of halogens is 2. The zero-order valence-corrected chi connectivity index (χ0v) is 46.5. The second-order valence-corrected chi connectivity index (χ2v) is 23.6. The summed E-state index contributed by atoms with van der Waals surface area (Å²) in [5, 5.41) is 24.5. The van der Waals surface area contributed by atoms with Crippen molar-refractivity contribution >= 4 is 43.9 Å². The van der Waals surface area contributed by atoms with E-state index in [1.165, 1.54) is 0 Å². The SMILES string of the molecule is Cc1ncn(C)c1-c1cnc2c3ccc([C@@](C)(O)C4CC4)c(F)c3n([C@H](c3ccccc3)C3CCOCC3)c2c1.Cc1ncn(C)c1-c1cnc2c3ccc([C@](C)(O)C4CC4)c(F)c3n([C@H](c3ccccc3)C3CCOCC3)c2c1. The average molecular weight is 1080 g/mol. The molecule has 0 unspecified atom stereocenters. The smallest absolute Gasteiger partial charge is 0.153 e. The highest BCUT2D eigenvalue weighted by molar-refractivity contribution is 6.08. The van der Waals surface area contributed by atoms with Gasteiger partial charge < -0.3 is 38.0 Å². The zero-order valence-electron chi connectivity index (χ0n) is 46.5. The summed E-state index contributed by atoms with van der Waals surface area (Å²) in [6.07, 6.45) is 14.6. The number of pyridine rings is 2. The zero-order chi connectivity index (χ0) is 55.2. The first-order chi connectivity index (χ1) is 38.7. The molecular formula is C66H70F2N8O4. The molecule has 8 heterocycles. The second kappa shape index (κ2) is 20.5. The number of fused-ring (bicyclic) bond motifs is 6. The van der Waals surface area contributed by atoms with E-state index in [0.29, 0.717) is 48.6 Å². The van der Waals surface area contributed by atoms with E-state index in [1.54, 1.807) is 26.0 Å². The molecule has 2 N–H and O–H groups in total. The summed E-state index contributed by atoms with van der Waals surface area (Å²) in [6, 6.07) is 32.3. The van der Waals surface area contributed by atoms with Gasteiger partial charge in [0, 0.05) is 85.9 Å². The number of benzene rings is 4. The van der Waals surface area contributed by atoms with Crippen LogP contribution in [-0.2, 0) is 34.8 Å². The summed E-state index contributed by atoms with van der Waals surface area (Å²) >= 11 is 0. The van der Waals surface area contributed by atoms with Crippen LogP contribution in [0, 0.1) is 49.2 Å². The van der Waals surface area contributed by atoms with Crippen molar-refractivity contribution in [2.75, 3.05) is 26.4 Å². The lowest BCUT2D eigenvalue weighted by molar-refractivity contribution is 0.0292. The lowest BCUT2D eigenvalue weighted by Crippen LogP contribution is -2.28. The summed E-state index contributed by atoms with van der Waals surface area (Å²) in [7, 11) is 3.96. The number of aromatic nitrogens is 8. The molecule has 4 aliphatic rings. The molecule has 0 radical (unpaired) electrons. The minimum Gasteiger partial charge on any atom is -0.385 e. The van der Waals surface area contributed by atoms with Gasteiger partial charge in [-0.05, 0) is 126 Å². The first-order valence-electron chi connectivity index (χ1n) is 28.6. The number of aryl methyl sites for hydroxylation is 4. The minimum absolute atomic E-state index is 0.0789. The molecule has 0 spiro atoms. The maximum Gasteiger partial charge on any atom is 0.153 e. The molecule has 4 fully saturated rings. The van der Waals surface area contributed by atoms with E-state index in [0.717, 1.165) is 129 Å². The van der Waals surface area contributed by atoms with E-state index in [1.807, 2.05) is 86.4 Å². The predicted molar refractivity (Wildman–Crippen MR) is 309 cm³/mol. The molecule has 2 aliphatic carbocycles. The number of rotatable bonds is 12. The van der Waals surface area contributed by atoms with Crippen molar-refractivity contribution in [3.05, 3.63) is 167 Å². The maximum atomic E-state index is 16.9. The highest BCUT2D eigenvalue weighted by Crippen LogP contribution is 2.51. The number of ether oxygens (including phenoxy) is 2. The Labute approximate surface area is 465 Å². The van der Waals surface area contributed by atoms with Gasteiger partial charge in [-0.15, -0.1) is 0 Å². The van der Waals surface area contributed by atoms with Crippen molar-refractivity contribution < 1.29 is 28.5 Å². The molecule has 12 nitrogen and oxygen atoms in total. The van der Waals surface area contributed by atoms with Crippen LogP contribution < -0.4 is 0 Å². The molecule has 14 rings (SSSR count). The number of nitrogens with zero attached hydrogens (tertiary/aromatic N) is 8. The Kier molecular flexibility index (Phi) is 13.4. The molecule has 4 aromatic carbocycles. The van der Waals surface area contributed by atoms with Gasteiger partial charge >= 0.3 is 0 Å². The molecule has 6 aromatic heterocycles. The Morgan fingerprint density at radius 3 is 1.24 bits per heavy atom. The van der Waals surface area contributed by atoms with Gasteiger partial charge in [-0.3, -0.25) is 9.97 Å². The Bertz CT molecular complexity index is 3640. The monoisotopic (exact) mass is 1080 g/mol. The lowest BCUT2D eigenvalue weighted by Gasteiger charge is -2.33. The minimum atomic E-state index is -1.22. The van der Waals surface area contributed by atoms with E-state index in [2.05, 4.69) is 79.8 Å². The van der Waals surface area contributed by atoms with Crippen LogP contribution in [-0.4, -0.2) is 74.8 Å². The van der Waals surface area contributed by atoms with Gasteiger partial charge in [0.05, 0.1) is 91.8 Å². The van der Waals surface area contributed by atoms with Crippen molar-refractivity contribution in [1.82, 2.24) is 38.2 Å². The molecule has 0 amide bonds. The van der Waals surface area contributed by atoms with Crippen LogP contribution in [0.25, 0.3) is 66.4 Å². The first-order valence-corrected chi connectivity index (χ1v) is 28.6. The quantitative estimate of drug-likeness (QED) is 0.124. The van der Waals surface area contributed by atoms with Gasteiger partial charge in [-0.1, -0.05) is 84.9 Å². The number of aliphatic hydroxyl groups is 2. The molecule has 4 atom stereocenters. The molecule has 80 heavy (non-hydrogen) atoms. The van der Waals surface area contributed by atoms with Gasteiger partial charge in [0.1, 0.15) is 0 Å². The molecule has 2 saturated carbocycles. The van der Waals surface area contributed by atoms with Crippen LogP contribution in [0.5, 0.6) is 0 Å². The van der Waals surface area contributed by atoms with Crippen molar-refractivity contribution in [2.45, 2.75) is 102 Å². The van der Waals surface area contributed by atoms with Crippen LogP contribution in [0.1, 0.15) is 111 Å². The number of hydrogen-bond acceptors (Lipinski definition) is 8. The molecule has 14 heteroatoms. The molecule has 10 aromatic rings. The van der Waals surface area contributed by atoms with Crippen LogP contribution >= 0.6 is 0 Å². The topological polar surface area (TPSA) is 130 Å². The second-order valence-electron chi connectivity index (χ2n) is 23.6. The lowest BCUT2D eigenvalue weighted by atomic mass is 9.86. The third kappa shape index (κ3) is 8.94. The number of imidazole rings is 2. The van der Waals surface area contributed by atoms with Crippen LogP contribution in [0.2, 0.25) is 0 Å². The van der Waals surface area contributed by atoms with Crippen LogP contribution in [0.4, 0.5) is 8.78 Å². The normalized spacial score (nSPS) is 18.8. The third-order valence-corrected chi connectivity index (χ3v) is 18.4. The van der Waals surface area contributed by atoms with Crippen molar-refractivity contribution in [3.8, 4) is 22.5 Å². The summed E-state index contributed by atoms with van der Waals surface area (Å²) in [4.78, 5) is 18.9. The Hall–Kier alpha value is -7.10.